The van der Waals surface area contributed by atoms with E-state index in [0.717, 1.165) is 13.0 Å². The molecule has 2 nitrogen and oxygen atoms in total. The van der Waals surface area contributed by atoms with Crippen molar-refractivity contribution in [1.82, 2.24) is 4.90 Å². The summed E-state index contributed by atoms with van der Waals surface area (Å²) in [6.07, 6.45) is 2.95. The Kier molecular flexibility index (Phi) is 5.44. The molecule has 1 aliphatic heterocycles. The molecule has 1 unspecified atom stereocenters. The predicted molar refractivity (Wildman–Crippen MR) is 56.3 cm³/mol. The Balaban J connectivity index is 0.000000671. The molecule has 1 atom stereocenters. The van der Waals surface area contributed by atoms with Gasteiger partial charge in [0.15, 0.2) is 0 Å². The molecule has 1 heterocycles. The smallest absolute Gasteiger partial charge is 0.229 e. The van der Waals surface area contributed by atoms with Crippen LogP contribution in [0.5, 0.6) is 0 Å². The first-order valence-corrected chi connectivity index (χ1v) is 5.17. The summed E-state index contributed by atoms with van der Waals surface area (Å²) in [4.78, 5) is 13.3. The van der Waals surface area contributed by atoms with Crippen LogP contribution in [0.25, 0.3) is 0 Å². The lowest BCUT2D eigenvalue weighted by Crippen LogP contribution is -2.24. The van der Waals surface area contributed by atoms with Gasteiger partial charge in [-0.3, -0.25) is 4.79 Å². The van der Waals surface area contributed by atoms with Gasteiger partial charge in [0, 0.05) is 18.2 Å². The summed E-state index contributed by atoms with van der Waals surface area (Å²) in [6.45, 7) is 10.8. The zero-order chi connectivity index (χ0) is 10.4. The zero-order valence-electron chi connectivity index (χ0n) is 9.42. The number of carbonyl (C=O) groups is 1. The van der Waals surface area contributed by atoms with Gasteiger partial charge in [0.1, 0.15) is 0 Å². The zero-order valence-corrected chi connectivity index (χ0v) is 9.42. The Labute approximate surface area is 81.6 Å². The summed E-state index contributed by atoms with van der Waals surface area (Å²) >= 11 is 0. The highest BCUT2D eigenvalue weighted by molar-refractivity contribution is 5.83. The molecule has 0 spiro atoms. The van der Waals surface area contributed by atoms with Crippen LogP contribution in [0.3, 0.4) is 0 Å². The molecule has 1 aliphatic rings. The van der Waals surface area contributed by atoms with Gasteiger partial charge in [-0.2, -0.15) is 0 Å². The van der Waals surface area contributed by atoms with Gasteiger partial charge in [0.05, 0.1) is 0 Å². The molecule has 76 valence electrons. The summed E-state index contributed by atoms with van der Waals surface area (Å²) < 4.78 is 0. The number of nitrogens with zero attached hydrogens (tertiary/aromatic N) is 1. The van der Waals surface area contributed by atoms with E-state index in [2.05, 4.69) is 0 Å². The van der Waals surface area contributed by atoms with Crippen LogP contribution in [0.15, 0.2) is 11.8 Å². The van der Waals surface area contributed by atoms with Crippen LogP contribution >= 0.6 is 0 Å². The van der Waals surface area contributed by atoms with Crippen LogP contribution in [0.2, 0.25) is 0 Å². The molecule has 1 saturated heterocycles. The molecule has 0 saturated carbocycles. The minimum absolute atomic E-state index is 0.196. The molecule has 0 N–H and O–H groups in total. The van der Waals surface area contributed by atoms with Crippen molar-refractivity contribution in [2.75, 3.05) is 6.54 Å². The first kappa shape index (κ1) is 12.2. The maximum atomic E-state index is 11.4. The van der Waals surface area contributed by atoms with E-state index < -0.39 is 0 Å². The fourth-order valence-electron chi connectivity index (χ4n) is 1.55. The lowest BCUT2D eigenvalue weighted by atomic mass is 10.1. The third-order valence-electron chi connectivity index (χ3n) is 2.20. The van der Waals surface area contributed by atoms with Gasteiger partial charge in [-0.25, -0.2) is 0 Å². The quantitative estimate of drug-likeness (QED) is 0.612. The van der Waals surface area contributed by atoms with Gasteiger partial charge < -0.3 is 4.90 Å². The van der Waals surface area contributed by atoms with E-state index >= 15 is 0 Å². The first-order valence-electron chi connectivity index (χ1n) is 5.17. The summed E-state index contributed by atoms with van der Waals surface area (Å²) in [5.74, 6) is 0.474. The molecular formula is C11H21NO. The number of likely N-dealkylation sites (tertiary alicyclic amines) is 1. The van der Waals surface area contributed by atoms with Crippen molar-refractivity contribution >= 4 is 5.91 Å². The molecule has 0 aromatic heterocycles. The van der Waals surface area contributed by atoms with E-state index in [4.69, 9.17) is 0 Å². The van der Waals surface area contributed by atoms with E-state index in [-0.39, 0.29) is 11.8 Å². The van der Waals surface area contributed by atoms with E-state index in [1.54, 1.807) is 0 Å². The fourth-order valence-corrected chi connectivity index (χ4v) is 1.55. The number of carbonyl (C=O) groups excluding carboxylic acids is 1. The van der Waals surface area contributed by atoms with Gasteiger partial charge >= 0.3 is 0 Å². The molecule has 2 heteroatoms. The van der Waals surface area contributed by atoms with E-state index in [9.17, 15) is 4.79 Å². The average molecular weight is 183 g/mol. The number of hydrogen-bond donors (Lipinski definition) is 0. The fraction of sp³-hybridized carbons (Fsp3) is 0.727. The monoisotopic (exact) mass is 183 g/mol. The average Bonchev–Trinajstić information content (AvgIpc) is 2.46. The standard InChI is InChI=1S/C9H15NO.C2H6/c1-4-8-6-7(3)9(11)10(8)5-2;1-2/h4,7H,5-6H2,1-3H3;1-2H3. The Hall–Kier alpha value is -0.790. The van der Waals surface area contributed by atoms with Crippen LogP contribution in [0, 0.1) is 5.92 Å². The van der Waals surface area contributed by atoms with Crippen molar-refractivity contribution in [2.45, 2.75) is 41.0 Å². The molecule has 0 bridgehead atoms. The molecular weight excluding hydrogens is 162 g/mol. The normalized spacial score (nSPS) is 24.7. The van der Waals surface area contributed by atoms with Crippen LogP contribution in [0.4, 0.5) is 0 Å². The van der Waals surface area contributed by atoms with Crippen molar-refractivity contribution in [3.63, 3.8) is 0 Å². The van der Waals surface area contributed by atoms with Gasteiger partial charge in [0.25, 0.3) is 0 Å². The Morgan fingerprint density at radius 3 is 2.38 bits per heavy atom. The molecule has 1 fully saturated rings. The van der Waals surface area contributed by atoms with Crippen molar-refractivity contribution in [1.29, 1.82) is 0 Å². The third-order valence-corrected chi connectivity index (χ3v) is 2.20. The van der Waals surface area contributed by atoms with E-state index in [1.165, 1.54) is 5.70 Å². The molecule has 13 heavy (non-hydrogen) atoms. The van der Waals surface area contributed by atoms with Crippen LogP contribution < -0.4 is 0 Å². The second kappa shape index (κ2) is 5.79. The van der Waals surface area contributed by atoms with Crippen LogP contribution in [-0.4, -0.2) is 17.4 Å². The molecule has 1 amide bonds. The highest BCUT2D eigenvalue weighted by atomic mass is 16.2. The second-order valence-corrected chi connectivity index (χ2v) is 2.97. The van der Waals surface area contributed by atoms with Crippen molar-refractivity contribution in [3.8, 4) is 0 Å². The molecule has 0 aromatic carbocycles. The SMILES string of the molecule is CC.CC=C1CC(C)C(=O)N1CC. The van der Waals surface area contributed by atoms with Crippen molar-refractivity contribution < 1.29 is 4.79 Å². The van der Waals surface area contributed by atoms with E-state index in [0.29, 0.717) is 0 Å². The Morgan fingerprint density at radius 2 is 2.08 bits per heavy atom. The summed E-state index contributed by atoms with van der Waals surface area (Å²) in [6, 6.07) is 0. The number of hydrogen-bond acceptors (Lipinski definition) is 1. The van der Waals surface area contributed by atoms with Crippen LogP contribution in [0.1, 0.15) is 41.0 Å². The Morgan fingerprint density at radius 1 is 1.54 bits per heavy atom. The lowest BCUT2D eigenvalue weighted by molar-refractivity contribution is -0.129. The van der Waals surface area contributed by atoms with Gasteiger partial charge in [-0.1, -0.05) is 26.8 Å². The van der Waals surface area contributed by atoms with Crippen molar-refractivity contribution in [3.05, 3.63) is 11.8 Å². The van der Waals surface area contributed by atoms with Gasteiger partial charge in [0.2, 0.25) is 5.91 Å². The van der Waals surface area contributed by atoms with E-state index in [1.807, 2.05) is 45.6 Å². The lowest BCUT2D eigenvalue weighted by Gasteiger charge is -2.14. The molecule has 0 aromatic rings. The first-order chi connectivity index (χ1) is 6.20. The summed E-state index contributed by atoms with van der Waals surface area (Å²) in [5.41, 5.74) is 1.19. The predicted octanol–water partition coefficient (Wildman–Crippen LogP) is 2.80. The highest BCUT2D eigenvalue weighted by Gasteiger charge is 2.30. The number of rotatable bonds is 1. The molecule has 0 radical (unpaired) electrons. The number of amides is 1. The Bertz CT molecular complexity index is 196. The molecule has 0 aliphatic carbocycles. The topological polar surface area (TPSA) is 20.3 Å². The minimum atomic E-state index is 0.196. The van der Waals surface area contributed by atoms with Crippen LogP contribution in [-0.2, 0) is 4.79 Å². The number of allylic oxidation sites excluding steroid dienone is 2. The maximum Gasteiger partial charge on any atom is 0.229 e. The molecule has 1 rings (SSSR count). The van der Waals surface area contributed by atoms with Crippen molar-refractivity contribution in [2.24, 2.45) is 5.92 Å². The van der Waals surface area contributed by atoms with Gasteiger partial charge in [-0.15, -0.1) is 0 Å². The third kappa shape index (κ3) is 2.58. The van der Waals surface area contributed by atoms with Gasteiger partial charge in [-0.05, 0) is 20.3 Å². The summed E-state index contributed by atoms with van der Waals surface area (Å²) in [7, 11) is 0. The second-order valence-electron chi connectivity index (χ2n) is 2.97. The summed E-state index contributed by atoms with van der Waals surface area (Å²) in [5, 5.41) is 0. The minimum Gasteiger partial charge on any atom is -0.317 e. The highest BCUT2D eigenvalue weighted by Crippen LogP contribution is 2.26. The largest absolute Gasteiger partial charge is 0.317 e. The maximum absolute atomic E-state index is 11.4.